The van der Waals surface area contributed by atoms with Crippen molar-refractivity contribution in [3.63, 3.8) is 0 Å². The number of rotatable bonds is 5. The van der Waals surface area contributed by atoms with Gasteiger partial charge in [0.2, 0.25) is 0 Å². The molecule has 0 N–H and O–H groups in total. The van der Waals surface area contributed by atoms with Crippen molar-refractivity contribution in [3.8, 4) is 11.5 Å². The van der Waals surface area contributed by atoms with Gasteiger partial charge in [-0.15, -0.1) is 0 Å². The third-order valence-electron chi connectivity index (χ3n) is 6.59. The van der Waals surface area contributed by atoms with Crippen molar-refractivity contribution in [1.82, 2.24) is 4.90 Å². The number of nitrogens with zero attached hydrogens (tertiary/aromatic N) is 3. The molecule has 3 aromatic carbocycles. The number of carbonyl (C=O) groups excluding carboxylic acids is 2. The first-order valence-electron chi connectivity index (χ1n) is 11.8. The molecular formula is C28H29N3O4. The van der Waals surface area contributed by atoms with Gasteiger partial charge in [0.15, 0.2) is 6.61 Å². The highest BCUT2D eigenvalue weighted by Crippen LogP contribution is 2.34. The van der Waals surface area contributed by atoms with Crippen molar-refractivity contribution in [2.45, 2.75) is 13.5 Å². The molecule has 2 aliphatic heterocycles. The van der Waals surface area contributed by atoms with Gasteiger partial charge in [-0.2, -0.15) is 0 Å². The number of carbonyl (C=O) groups is 2. The Kier molecular flexibility index (Phi) is 6.31. The number of amides is 2. The third kappa shape index (κ3) is 4.67. The van der Waals surface area contributed by atoms with Crippen LogP contribution in [0.4, 0.5) is 11.4 Å². The standard InChI is InChI=1S/C28H29N3O4/c1-20-7-12-24-26(17-20)35-19-27(32)31(24)18-21-8-10-22(11-9-21)28(33)30-15-13-29(14-16-30)23-5-3-4-6-25(23)34-2/h3-12,17H,13-16,18-19H2,1-2H3. The zero-order valence-electron chi connectivity index (χ0n) is 20.1. The van der Waals surface area contributed by atoms with Crippen LogP contribution in [0, 0.1) is 6.92 Å². The maximum Gasteiger partial charge on any atom is 0.265 e. The van der Waals surface area contributed by atoms with E-state index in [1.807, 2.05) is 78.6 Å². The van der Waals surface area contributed by atoms with E-state index in [1.54, 1.807) is 12.0 Å². The van der Waals surface area contributed by atoms with E-state index in [-0.39, 0.29) is 18.4 Å². The summed E-state index contributed by atoms with van der Waals surface area (Å²) in [7, 11) is 1.68. The highest BCUT2D eigenvalue weighted by molar-refractivity contribution is 5.98. The second kappa shape index (κ2) is 9.70. The number of para-hydroxylation sites is 2. The minimum Gasteiger partial charge on any atom is -0.495 e. The number of methoxy groups -OCH3 is 1. The lowest BCUT2D eigenvalue weighted by Gasteiger charge is -2.36. The Bertz CT molecular complexity index is 1230. The molecule has 0 bridgehead atoms. The highest BCUT2D eigenvalue weighted by Gasteiger charge is 2.26. The molecule has 180 valence electrons. The first-order chi connectivity index (χ1) is 17.0. The zero-order chi connectivity index (χ0) is 24.4. The number of hydrogen-bond acceptors (Lipinski definition) is 5. The summed E-state index contributed by atoms with van der Waals surface area (Å²) in [5, 5.41) is 0. The Balaban J connectivity index is 1.23. The maximum atomic E-state index is 13.1. The summed E-state index contributed by atoms with van der Waals surface area (Å²) in [6, 6.07) is 21.4. The molecular weight excluding hydrogens is 442 g/mol. The van der Waals surface area contributed by atoms with E-state index in [0.29, 0.717) is 25.2 Å². The summed E-state index contributed by atoms with van der Waals surface area (Å²) >= 11 is 0. The lowest BCUT2D eigenvalue weighted by Crippen LogP contribution is -2.48. The first kappa shape index (κ1) is 22.8. The number of piperazine rings is 1. The fourth-order valence-electron chi connectivity index (χ4n) is 4.64. The lowest BCUT2D eigenvalue weighted by molar-refractivity contribution is -0.121. The lowest BCUT2D eigenvalue weighted by atomic mass is 10.1. The van der Waals surface area contributed by atoms with Crippen LogP contribution in [-0.4, -0.2) is 56.6 Å². The average Bonchev–Trinajstić information content (AvgIpc) is 2.90. The number of ether oxygens (including phenoxy) is 2. The molecule has 1 fully saturated rings. The molecule has 0 spiro atoms. The van der Waals surface area contributed by atoms with Gasteiger partial charge in [-0.1, -0.05) is 30.3 Å². The molecule has 2 heterocycles. The normalized spacial score (nSPS) is 15.5. The van der Waals surface area contributed by atoms with Crippen molar-refractivity contribution in [2.24, 2.45) is 0 Å². The van der Waals surface area contributed by atoms with Gasteiger partial charge in [0.1, 0.15) is 11.5 Å². The summed E-state index contributed by atoms with van der Waals surface area (Å²) in [5.41, 5.74) is 4.54. The molecule has 35 heavy (non-hydrogen) atoms. The Morgan fingerprint density at radius 2 is 1.69 bits per heavy atom. The minimum atomic E-state index is -0.0746. The number of anilines is 2. The summed E-state index contributed by atoms with van der Waals surface area (Å²) in [4.78, 5) is 31.5. The monoisotopic (exact) mass is 471 g/mol. The molecule has 0 aliphatic carbocycles. The molecule has 2 amide bonds. The van der Waals surface area contributed by atoms with Crippen LogP contribution >= 0.6 is 0 Å². The van der Waals surface area contributed by atoms with Crippen LogP contribution in [0.2, 0.25) is 0 Å². The molecule has 7 nitrogen and oxygen atoms in total. The fraction of sp³-hybridized carbons (Fsp3) is 0.286. The molecule has 2 aliphatic rings. The largest absolute Gasteiger partial charge is 0.495 e. The summed E-state index contributed by atoms with van der Waals surface area (Å²) < 4.78 is 11.1. The smallest absolute Gasteiger partial charge is 0.265 e. The van der Waals surface area contributed by atoms with Gasteiger partial charge >= 0.3 is 0 Å². The van der Waals surface area contributed by atoms with Crippen LogP contribution in [0.15, 0.2) is 66.7 Å². The van der Waals surface area contributed by atoms with Crippen LogP contribution in [0.3, 0.4) is 0 Å². The van der Waals surface area contributed by atoms with E-state index in [9.17, 15) is 9.59 Å². The Hall–Kier alpha value is -4.00. The molecule has 0 saturated carbocycles. The second-order valence-electron chi connectivity index (χ2n) is 8.89. The van der Waals surface area contributed by atoms with Gasteiger partial charge in [-0.05, 0) is 54.4 Å². The zero-order valence-corrected chi connectivity index (χ0v) is 20.1. The Labute approximate surface area is 205 Å². The van der Waals surface area contributed by atoms with Crippen molar-refractivity contribution >= 4 is 23.2 Å². The summed E-state index contributed by atoms with van der Waals surface area (Å²) in [5.74, 6) is 1.52. The molecule has 0 unspecified atom stereocenters. The van der Waals surface area contributed by atoms with Gasteiger partial charge in [0.05, 0.1) is 25.0 Å². The van der Waals surface area contributed by atoms with Gasteiger partial charge < -0.3 is 24.2 Å². The van der Waals surface area contributed by atoms with Crippen molar-refractivity contribution in [1.29, 1.82) is 0 Å². The average molecular weight is 472 g/mol. The SMILES string of the molecule is COc1ccccc1N1CCN(C(=O)c2ccc(CN3C(=O)COc4cc(C)ccc43)cc2)CC1. The van der Waals surface area contributed by atoms with E-state index in [2.05, 4.69) is 4.90 Å². The van der Waals surface area contributed by atoms with Crippen LogP contribution in [0.5, 0.6) is 11.5 Å². The predicted molar refractivity (Wildman–Crippen MR) is 135 cm³/mol. The van der Waals surface area contributed by atoms with Gasteiger partial charge in [-0.25, -0.2) is 0 Å². The first-order valence-corrected chi connectivity index (χ1v) is 11.8. The highest BCUT2D eigenvalue weighted by atomic mass is 16.5. The van der Waals surface area contributed by atoms with Crippen LogP contribution in [0.1, 0.15) is 21.5 Å². The maximum absolute atomic E-state index is 13.1. The fourth-order valence-corrected chi connectivity index (χ4v) is 4.64. The number of aryl methyl sites for hydroxylation is 1. The van der Waals surface area contributed by atoms with E-state index in [1.165, 1.54) is 0 Å². The van der Waals surface area contributed by atoms with Gasteiger partial charge in [0, 0.05) is 31.7 Å². The number of benzene rings is 3. The Morgan fingerprint density at radius 3 is 2.43 bits per heavy atom. The number of hydrogen-bond donors (Lipinski definition) is 0. The predicted octanol–water partition coefficient (Wildman–Crippen LogP) is 3.89. The minimum absolute atomic E-state index is 0.0273. The van der Waals surface area contributed by atoms with Crippen molar-refractivity contribution in [3.05, 3.63) is 83.4 Å². The third-order valence-corrected chi connectivity index (χ3v) is 6.59. The molecule has 0 aromatic heterocycles. The van der Waals surface area contributed by atoms with E-state index < -0.39 is 0 Å². The molecule has 5 rings (SSSR count). The van der Waals surface area contributed by atoms with E-state index in [0.717, 1.165) is 47.1 Å². The summed E-state index contributed by atoms with van der Waals surface area (Å²) in [6.07, 6.45) is 0. The van der Waals surface area contributed by atoms with Crippen molar-refractivity contribution < 1.29 is 19.1 Å². The van der Waals surface area contributed by atoms with Crippen molar-refractivity contribution in [2.75, 3.05) is 49.7 Å². The molecule has 1 saturated heterocycles. The van der Waals surface area contributed by atoms with Gasteiger partial charge in [-0.3, -0.25) is 9.59 Å². The molecule has 0 atom stereocenters. The molecule has 7 heteroatoms. The van der Waals surface area contributed by atoms with Crippen LogP contribution < -0.4 is 19.3 Å². The van der Waals surface area contributed by atoms with E-state index in [4.69, 9.17) is 9.47 Å². The summed E-state index contributed by atoms with van der Waals surface area (Å²) in [6.45, 7) is 5.27. The van der Waals surface area contributed by atoms with Gasteiger partial charge in [0.25, 0.3) is 11.8 Å². The molecule has 0 radical (unpaired) electrons. The topological polar surface area (TPSA) is 62.3 Å². The number of fused-ring (bicyclic) bond motifs is 1. The quantitative estimate of drug-likeness (QED) is 0.565. The molecule has 3 aromatic rings. The van der Waals surface area contributed by atoms with E-state index >= 15 is 0 Å². The second-order valence-corrected chi connectivity index (χ2v) is 8.89. The van der Waals surface area contributed by atoms with Crippen LogP contribution in [-0.2, 0) is 11.3 Å². The van der Waals surface area contributed by atoms with Crippen LogP contribution in [0.25, 0.3) is 0 Å². The Morgan fingerprint density at radius 1 is 0.943 bits per heavy atom.